The van der Waals surface area contributed by atoms with E-state index < -0.39 is 11.6 Å². The number of unbranched alkanes of at least 4 members (excludes halogenated alkanes) is 1. The van der Waals surface area contributed by atoms with E-state index in [4.69, 9.17) is 9.52 Å². The van der Waals surface area contributed by atoms with Crippen molar-refractivity contribution in [2.75, 3.05) is 13.2 Å². The van der Waals surface area contributed by atoms with Crippen LogP contribution in [0.3, 0.4) is 0 Å². The van der Waals surface area contributed by atoms with Gasteiger partial charge in [0.05, 0.1) is 5.69 Å². The quantitative estimate of drug-likeness (QED) is 0.757. The largest absolute Gasteiger partial charge is 0.444 e. The van der Waals surface area contributed by atoms with Crippen LogP contribution in [0.25, 0.3) is 11.5 Å². The Bertz CT molecular complexity index is 656. The first-order chi connectivity index (χ1) is 11.2. The van der Waals surface area contributed by atoms with E-state index in [1.165, 1.54) is 18.9 Å². The predicted molar refractivity (Wildman–Crippen MR) is 81.6 cm³/mol. The van der Waals surface area contributed by atoms with Gasteiger partial charge in [-0.15, -0.1) is 0 Å². The average molecular weight is 322 g/mol. The van der Waals surface area contributed by atoms with Crippen LogP contribution in [0.4, 0.5) is 8.78 Å². The number of aliphatic hydroxyl groups excluding tert-OH is 1. The summed E-state index contributed by atoms with van der Waals surface area (Å²) >= 11 is 0. The summed E-state index contributed by atoms with van der Waals surface area (Å²) < 4.78 is 31.7. The lowest BCUT2D eigenvalue weighted by Gasteiger charge is -2.20. The molecule has 0 unspecified atom stereocenters. The standard InChI is InChI=1S/C17H20F2N2O2/c18-15-6-3-12(9-16(15)19)17-20-13(11-23-17)10-21(14-4-5-14)7-1-2-8-22/h3,6,9,11,14,22H,1-2,4-5,7-8,10H2. The minimum absolute atomic E-state index is 0.211. The Balaban J connectivity index is 1.66. The molecule has 1 heterocycles. The molecule has 0 aliphatic heterocycles. The highest BCUT2D eigenvalue weighted by Gasteiger charge is 2.29. The maximum Gasteiger partial charge on any atom is 0.226 e. The first-order valence-corrected chi connectivity index (χ1v) is 7.92. The highest BCUT2D eigenvalue weighted by molar-refractivity contribution is 5.53. The molecular formula is C17H20F2N2O2. The molecule has 1 fully saturated rings. The van der Waals surface area contributed by atoms with Crippen molar-refractivity contribution in [2.45, 2.75) is 38.3 Å². The number of aliphatic hydroxyl groups is 1. The molecule has 0 bridgehead atoms. The zero-order valence-corrected chi connectivity index (χ0v) is 12.8. The van der Waals surface area contributed by atoms with Gasteiger partial charge in [-0.25, -0.2) is 13.8 Å². The molecule has 1 saturated carbocycles. The van der Waals surface area contributed by atoms with E-state index in [9.17, 15) is 8.78 Å². The van der Waals surface area contributed by atoms with E-state index in [0.717, 1.165) is 37.2 Å². The van der Waals surface area contributed by atoms with Gasteiger partial charge in [0, 0.05) is 24.8 Å². The number of oxazole rings is 1. The lowest BCUT2D eigenvalue weighted by molar-refractivity contribution is 0.227. The molecule has 3 rings (SSSR count). The molecule has 1 N–H and O–H groups in total. The lowest BCUT2D eigenvalue weighted by Crippen LogP contribution is -2.27. The maximum atomic E-state index is 13.3. The monoisotopic (exact) mass is 322 g/mol. The summed E-state index contributed by atoms with van der Waals surface area (Å²) in [5.41, 5.74) is 1.20. The van der Waals surface area contributed by atoms with Gasteiger partial charge in [-0.05, 0) is 50.4 Å². The van der Waals surface area contributed by atoms with Crippen molar-refractivity contribution in [2.24, 2.45) is 0 Å². The van der Waals surface area contributed by atoms with Crippen molar-refractivity contribution in [3.8, 4) is 11.5 Å². The summed E-state index contributed by atoms with van der Waals surface area (Å²) in [6, 6.07) is 4.19. The molecular weight excluding hydrogens is 302 g/mol. The van der Waals surface area contributed by atoms with Crippen LogP contribution in [-0.2, 0) is 6.54 Å². The summed E-state index contributed by atoms with van der Waals surface area (Å²) in [6.07, 6.45) is 5.68. The molecule has 1 aromatic heterocycles. The normalized spacial score (nSPS) is 14.6. The third-order valence-corrected chi connectivity index (χ3v) is 4.00. The summed E-state index contributed by atoms with van der Waals surface area (Å²) in [4.78, 5) is 6.72. The van der Waals surface area contributed by atoms with E-state index in [1.54, 1.807) is 6.26 Å². The molecule has 124 valence electrons. The van der Waals surface area contributed by atoms with Crippen LogP contribution >= 0.6 is 0 Å². The summed E-state index contributed by atoms with van der Waals surface area (Å²) in [5, 5.41) is 8.89. The van der Waals surface area contributed by atoms with Crippen molar-refractivity contribution in [1.82, 2.24) is 9.88 Å². The molecule has 2 aromatic rings. The zero-order chi connectivity index (χ0) is 16.2. The molecule has 0 saturated heterocycles. The van der Waals surface area contributed by atoms with Gasteiger partial charge in [-0.3, -0.25) is 4.90 Å². The Labute approximate surface area is 133 Å². The van der Waals surface area contributed by atoms with Crippen molar-refractivity contribution in [3.05, 3.63) is 41.8 Å². The molecule has 1 aliphatic carbocycles. The van der Waals surface area contributed by atoms with Crippen molar-refractivity contribution >= 4 is 0 Å². The fourth-order valence-electron chi connectivity index (χ4n) is 2.61. The topological polar surface area (TPSA) is 49.5 Å². The van der Waals surface area contributed by atoms with Crippen molar-refractivity contribution in [3.63, 3.8) is 0 Å². The van der Waals surface area contributed by atoms with Gasteiger partial charge in [0.15, 0.2) is 11.6 Å². The van der Waals surface area contributed by atoms with Crippen LogP contribution in [0.2, 0.25) is 0 Å². The molecule has 0 radical (unpaired) electrons. The molecule has 23 heavy (non-hydrogen) atoms. The Kier molecular flexibility index (Phi) is 5.03. The Morgan fingerprint density at radius 1 is 1.22 bits per heavy atom. The fraction of sp³-hybridized carbons (Fsp3) is 0.471. The molecule has 0 amide bonds. The van der Waals surface area contributed by atoms with Crippen LogP contribution < -0.4 is 0 Å². The van der Waals surface area contributed by atoms with Crippen LogP contribution in [0.5, 0.6) is 0 Å². The maximum absolute atomic E-state index is 13.3. The van der Waals surface area contributed by atoms with E-state index in [2.05, 4.69) is 9.88 Å². The molecule has 0 atom stereocenters. The van der Waals surface area contributed by atoms with Gasteiger partial charge in [0.1, 0.15) is 6.26 Å². The van der Waals surface area contributed by atoms with E-state index >= 15 is 0 Å². The van der Waals surface area contributed by atoms with Crippen LogP contribution in [0.1, 0.15) is 31.4 Å². The SMILES string of the molecule is OCCCCN(Cc1coc(-c2ccc(F)c(F)c2)n1)C1CC1. The average Bonchev–Trinajstić information content (AvgIpc) is 3.29. The number of halogens is 2. The van der Waals surface area contributed by atoms with Gasteiger partial charge < -0.3 is 9.52 Å². The highest BCUT2D eigenvalue weighted by Crippen LogP contribution is 2.29. The molecule has 1 aromatic carbocycles. The predicted octanol–water partition coefficient (Wildman–Crippen LogP) is 3.36. The molecule has 4 nitrogen and oxygen atoms in total. The van der Waals surface area contributed by atoms with Gasteiger partial charge in [-0.2, -0.15) is 0 Å². The minimum atomic E-state index is -0.911. The van der Waals surface area contributed by atoms with Crippen LogP contribution in [0.15, 0.2) is 28.9 Å². The number of hydrogen-bond donors (Lipinski definition) is 1. The lowest BCUT2D eigenvalue weighted by atomic mass is 10.2. The van der Waals surface area contributed by atoms with Crippen LogP contribution in [-0.4, -0.2) is 34.2 Å². The van der Waals surface area contributed by atoms with Gasteiger partial charge in [0.25, 0.3) is 0 Å². The number of hydrogen-bond acceptors (Lipinski definition) is 4. The van der Waals surface area contributed by atoms with Gasteiger partial charge >= 0.3 is 0 Å². The number of aromatic nitrogens is 1. The number of benzene rings is 1. The number of rotatable bonds is 8. The van der Waals surface area contributed by atoms with Crippen molar-refractivity contribution < 1.29 is 18.3 Å². The second-order valence-corrected chi connectivity index (χ2v) is 5.91. The third-order valence-electron chi connectivity index (χ3n) is 4.00. The summed E-state index contributed by atoms with van der Waals surface area (Å²) in [5.74, 6) is -1.50. The third kappa shape index (κ3) is 4.14. The van der Waals surface area contributed by atoms with E-state index in [-0.39, 0.29) is 6.61 Å². The first-order valence-electron chi connectivity index (χ1n) is 7.92. The molecule has 1 aliphatic rings. The molecule has 6 heteroatoms. The summed E-state index contributed by atoms with van der Waals surface area (Å²) in [6.45, 7) is 1.80. The second kappa shape index (κ2) is 7.19. The Morgan fingerprint density at radius 3 is 2.74 bits per heavy atom. The van der Waals surface area contributed by atoms with Crippen molar-refractivity contribution in [1.29, 1.82) is 0 Å². The van der Waals surface area contributed by atoms with E-state index in [1.807, 2.05) is 0 Å². The molecule has 0 spiro atoms. The number of nitrogens with zero attached hydrogens (tertiary/aromatic N) is 2. The highest BCUT2D eigenvalue weighted by atomic mass is 19.2. The first kappa shape index (κ1) is 16.1. The smallest absolute Gasteiger partial charge is 0.226 e. The second-order valence-electron chi connectivity index (χ2n) is 5.91. The fourth-order valence-corrected chi connectivity index (χ4v) is 2.61. The summed E-state index contributed by atoms with van der Waals surface area (Å²) in [7, 11) is 0. The Morgan fingerprint density at radius 2 is 2.04 bits per heavy atom. The van der Waals surface area contributed by atoms with Gasteiger partial charge in [0.2, 0.25) is 5.89 Å². The zero-order valence-electron chi connectivity index (χ0n) is 12.8. The Hall–Kier alpha value is -1.79. The van der Waals surface area contributed by atoms with Gasteiger partial charge in [-0.1, -0.05) is 0 Å². The van der Waals surface area contributed by atoms with E-state index in [0.29, 0.717) is 24.0 Å². The van der Waals surface area contributed by atoms with Crippen LogP contribution in [0, 0.1) is 11.6 Å². The minimum Gasteiger partial charge on any atom is -0.444 e.